The van der Waals surface area contributed by atoms with Gasteiger partial charge in [-0.05, 0) is 24.6 Å². The maximum Gasteiger partial charge on any atom is 0.244 e. The summed E-state index contributed by atoms with van der Waals surface area (Å²) in [6.45, 7) is 5.98. The largest absolute Gasteiger partial charge is 0.378 e. The molecule has 1 amide bonds. The third-order valence-corrected chi connectivity index (χ3v) is 4.55. The number of amides is 1. The summed E-state index contributed by atoms with van der Waals surface area (Å²) >= 11 is 6.07. The van der Waals surface area contributed by atoms with Gasteiger partial charge in [0.05, 0.1) is 13.2 Å². The minimum absolute atomic E-state index is 0.180. The molecule has 0 spiro atoms. The summed E-state index contributed by atoms with van der Waals surface area (Å²) in [4.78, 5) is 23.1. The fraction of sp³-hybridized carbons (Fsp3) is 0.350. The first kappa shape index (κ1) is 20.1. The molecule has 2 N–H and O–H groups in total. The predicted octanol–water partition coefficient (Wildman–Crippen LogP) is 2.52. The number of nitrogens with one attached hydrogen (secondary N) is 2. The zero-order valence-electron chi connectivity index (χ0n) is 15.8. The first-order valence-electron chi connectivity index (χ1n) is 9.24. The van der Waals surface area contributed by atoms with Gasteiger partial charge in [-0.25, -0.2) is 4.98 Å². The Bertz CT molecular complexity index is 837. The summed E-state index contributed by atoms with van der Waals surface area (Å²) in [7, 11) is 0. The van der Waals surface area contributed by atoms with Crippen LogP contribution in [0.2, 0.25) is 5.02 Å². The minimum Gasteiger partial charge on any atom is -0.378 e. The maximum atomic E-state index is 11.9. The topological polar surface area (TPSA) is 79.4 Å². The van der Waals surface area contributed by atoms with Crippen molar-refractivity contribution in [1.82, 2.24) is 15.3 Å². The van der Waals surface area contributed by atoms with Crippen LogP contribution in [0.25, 0.3) is 6.08 Å². The fourth-order valence-corrected chi connectivity index (χ4v) is 2.98. The quantitative estimate of drug-likeness (QED) is 0.548. The first-order chi connectivity index (χ1) is 13.6. The van der Waals surface area contributed by atoms with E-state index in [0.717, 1.165) is 30.2 Å². The van der Waals surface area contributed by atoms with Crippen molar-refractivity contribution in [1.29, 1.82) is 0 Å². The van der Waals surface area contributed by atoms with Crippen molar-refractivity contribution < 1.29 is 9.53 Å². The molecule has 28 heavy (non-hydrogen) atoms. The molecule has 0 radical (unpaired) electrons. The molecule has 1 aliphatic rings. The van der Waals surface area contributed by atoms with Gasteiger partial charge < -0.3 is 20.3 Å². The highest BCUT2D eigenvalue weighted by Gasteiger charge is 2.14. The number of ether oxygens (including phenoxy) is 1. The molecule has 148 valence electrons. The van der Waals surface area contributed by atoms with Gasteiger partial charge in [0.1, 0.15) is 5.82 Å². The van der Waals surface area contributed by atoms with Gasteiger partial charge in [-0.1, -0.05) is 29.8 Å². The van der Waals surface area contributed by atoms with E-state index < -0.39 is 0 Å². The number of carbonyl (C=O) groups excluding carboxylic acids is 1. The van der Waals surface area contributed by atoms with E-state index in [-0.39, 0.29) is 5.91 Å². The SMILES string of the molecule is Cc1cc(N2CCOCC2)nc(NCCNC(=O)/C=C/c2ccccc2Cl)n1. The van der Waals surface area contributed by atoms with Crippen molar-refractivity contribution in [3.8, 4) is 0 Å². The van der Waals surface area contributed by atoms with Crippen LogP contribution in [-0.2, 0) is 9.53 Å². The number of aryl methyl sites for hydroxylation is 1. The molecule has 0 unspecified atom stereocenters. The number of morpholine rings is 1. The highest BCUT2D eigenvalue weighted by Crippen LogP contribution is 2.17. The van der Waals surface area contributed by atoms with Crippen molar-refractivity contribution >= 4 is 35.4 Å². The monoisotopic (exact) mass is 401 g/mol. The molecule has 0 atom stereocenters. The van der Waals surface area contributed by atoms with Crippen LogP contribution in [0, 0.1) is 6.92 Å². The lowest BCUT2D eigenvalue weighted by molar-refractivity contribution is -0.116. The van der Waals surface area contributed by atoms with E-state index >= 15 is 0 Å². The molecule has 1 aromatic carbocycles. The molecule has 0 aliphatic carbocycles. The third-order valence-electron chi connectivity index (χ3n) is 4.20. The molecule has 0 bridgehead atoms. The Balaban J connectivity index is 1.46. The molecule has 2 aromatic rings. The lowest BCUT2D eigenvalue weighted by atomic mass is 10.2. The van der Waals surface area contributed by atoms with E-state index in [2.05, 4.69) is 25.5 Å². The molecule has 0 saturated carbocycles. The standard InChI is InChI=1S/C20H24ClN5O2/c1-15-14-18(26-10-12-28-13-11-26)25-20(24-15)23-9-8-22-19(27)7-6-16-4-2-3-5-17(16)21/h2-7,14H,8-13H2,1H3,(H,22,27)(H,23,24,25)/b7-6+. The fourth-order valence-electron chi connectivity index (χ4n) is 2.78. The van der Waals surface area contributed by atoms with Gasteiger partial charge in [0, 0.05) is 49.0 Å². The number of hydrogen-bond acceptors (Lipinski definition) is 6. The number of aromatic nitrogens is 2. The molecule has 1 aromatic heterocycles. The Morgan fingerprint density at radius 3 is 2.82 bits per heavy atom. The molecule has 1 aliphatic heterocycles. The molecule has 1 saturated heterocycles. The highest BCUT2D eigenvalue weighted by atomic mass is 35.5. The zero-order chi connectivity index (χ0) is 19.8. The van der Waals surface area contributed by atoms with Crippen molar-refractivity contribution in [2.24, 2.45) is 0 Å². The van der Waals surface area contributed by atoms with Crippen molar-refractivity contribution in [2.45, 2.75) is 6.92 Å². The van der Waals surface area contributed by atoms with Crippen LogP contribution in [0.5, 0.6) is 0 Å². The first-order valence-corrected chi connectivity index (χ1v) is 9.62. The number of rotatable bonds is 7. The van der Waals surface area contributed by atoms with E-state index in [1.165, 1.54) is 6.08 Å². The summed E-state index contributed by atoms with van der Waals surface area (Å²) in [5, 5.41) is 6.60. The van der Waals surface area contributed by atoms with Crippen LogP contribution in [0.3, 0.4) is 0 Å². The molecular formula is C20H24ClN5O2. The van der Waals surface area contributed by atoms with Gasteiger partial charge in [0.15, 0.2) is 0 Å². The predicted molar refractivity (Wildman–Crippen MR) is 112 cm³/mol. The summed E-state index contributed by atoms with van der Waals surface area (Å²) in [5.41, 5.74) is 1.70. The van der Waals surface area contributed by atoms with Gasteiger partial charge in [-0.3, -0.25) is 4.79 Å². The second kappa shape index (κ2) is 10.1. The Morgan fingerprint density at radius 2 is 2.04 bits per heavy atom. The zero-order valence-corrected chi connectivity index (χ0v) is 16.6. The Morgan fingerprint density at radius 1 is 1.25 bits per heavy atom. The second-order valence-corrected chi connectivity index (χ2v) is 6.77. The van der Waals surface area contributed by atoms with Crippen molar-refractivity contribution in [2.75, 3.05) is 49.6 Å². The van der Waals surface area contributed by atoms with Gasteiger partial charge in [0.25, 0.3) is 0 Å². The summed E-state index contributed by atoms with van der Waals surface area (Å²) in [5.74, 6) is 1.27. The van der Waals surface area contributed by atoms with Crippen LogP contribution < -0.4 is 15.5 Å². The minimum atomic E-state index is -0.180. The number of halogens is 1. The Kier molecular flexibility index (Phi) is 7.22. The number of carbonyl (C=O) groups is 1. The molecular weight excluding hydrogens is 378 g/mol. The van der Waals surface area contributed by atoms with Crippen molar-refractivity contribution in [3.63, 3.8) is 0 Å². The van der Waals surface area contributed by atoms with E-state index in [1.807, 2.05) is 31.2 Å². The van der Waals surface area contributed by atoms with Crippen LogP contribution in [-0.4, -0.2) is 55.3 Å². The van der Waals surface area contributed by atoms with Crippen LogP contribution >= 0.6 is 11.6 Å². The lowest BCUT2D eigenvalue weighted by Crippen LogP contribution is -2.37. The number of benzene rings is 1. The molecule has 8 heteroatoms. The van der Waals surface area contributed by atoms with E-state index in [4.69, 9.17) is 16.3 Å². The van der Waals surface area contributed by atoms with E-state index in [9.17, 15) is 4.79 Å². The summed E-state index contributed by atoms with van der Waals surface area (Å²) in [6, 6.07) is 9.34. The van der Waals surface area contributed by atoms with E-state index in [1.54, 1.807) is 12.1 Å². The number of anilines is 2. The molecule has 1 fully saturated rings. The second-order valence-electron chi connectivity index (χ2n) is 6.36. The molecule has 2 heterocycles. The number of hydrogen-bond donors (Lipinski definition) is 2. The summed E-state index contributed by atoms with van der Waals surface area (Å²) < 4.78 is 5.38. The van der Waals surface area contributed by atoms with Gasteiger partial charge in [-0.15, -0.1) is 0 Å². The van der Waals surface area contributed by atoms with E-state index in [0.29, 0.717) is 37.3 Å². The molecule has 7 nitrogen and oxygen atoms in total. The normalized spacial score (nSPS) is 14.3. The van der Waals surface area contributed by atoms with Gasteiger partial charge >= 0.3 is 0 Å². The summed E-state index contributed by atoms with van der Waals surface area (Å²) in [6.07, 6.45) is 3.17. The average molecular weight is 402 g/mol. The average Bonchev–Trinajstić information content (AvgIpc) is 2.71. The maximum absolute atomic E-state index is 11.9. The van der Waals surface area contributed by atoms with Gasteiger partial charge in [-0.2, -0.15) is 4.98 Å². The Hall–Kier alpha value is -2.64. The smallest absolute Gasteiger partial charge is 0.244 e. The highest BCUT2D eigenvalue weighted by molar-refractivity contribution is 6.32. The third kappa shape index (κ3) is 5.94. The van der Waals surface area contributed by atoms with Crippen LogP contribution in [0.1, 0.15) is 11.3 Å². The Labute approximate surface area is 169 Å². The van der Waals surface area contributed by atoms with Gasteiger partial charge in [0.2, 0.25) is 11.9 Å². The lowest BCUT2D eigenvalue weighted by Gasteiger charge is -2.28. The number of nitrogens with zero attached hydrogens (tertiary/aromatic N) is 3. The van der Waals surface area contributed by atoms with Crippen LogP contribution in [0.15, 0.2) is 36.4 Å². The molecule has 3 rings (SSSR count). The van der Waals surface area contributed by atoms with Crippen LogP contribution in [0.4, 0.5) is 11.8 Å². The van der Waals surface area contributed by atoms with Crippen molar-refractivity contribution in [3.05, 3.63) is 52.7 Å².